The fourth-order valence-corrected chi connectivity index (χ4v) is 2.42. The largest absolute Gasteiger partial charge is 0.461 e. The lowest BCUT2D eigenvalue weighted by atomic mass is 10.1. The Morgan fingerprint density at radius 2 is 1.96 bits per heavy atom. The molecule has 0 bridgehead atoms. The number of para-hydroxylation sites is 1. The first-order valence-electron chi connectivity index (χ1n) is 7.79. The lowest BCUT2D eigenvalue weighted by Gasteiger charge is -2.02. The molecule has 0 saturated carbocycles. The van der Waals surface area contributed by atoms with Gasteiger partial charge in [0.15, 0.2) is 23.1 Å². The van der Waals surface area contributed by atoms with Crippen molar-refractivity contribution >= 4 is 11.7 Å². The van der Waals surface area contributed by atoms with Gasteiger partial charge in [-0.3, -0.25) is 10.1 Å². The van der Waals surface area contributed by atoms with Gasteiger partial charge in [0.2, 0.25) is 5.89 Å². The van der Waals surface area contributed by atoms with E-state index in [2.05, 4.69) is 4.98 Å². The molecule has 27 heavy (non-hydrogen) atoms. The Hall–Kier alpha value is -3.62. The smallest absolute Gasteiger partial charge is 0.361 e. The highest BCUT2D eigenvalue weighted by Crippen LogP contribution is 2.35. The number of rotatable bonds is 5. The molecule has 3 rings (SSSR count). The molecule has 0 N–H and O–H groups in total. The lowest BCUT2D eigenvalue weighted by Crippen LogP contribution is -2.07. The first-order chi connectivity index (χ1) is 12.9. The molecule has 2 aromatic carbocycles. The molecule has 0 aliphatic rings. The third-order valence-electron chi connectivity index (χ3n) is 3.61. The van der Waals surface area contributed by atoms with Crippen LogP contribution >= 0.6 is 0 Å². The summed E-state index contributed by atoms with van der Waals surface area (Å²) in [7, 11) is 0. The van der Waals surface area contributed by atoms with Crippen molar-refractivity contribution in [3.63, 3.8) is 0 Å². The number of esters is 1. The van der Waals surface area contributed by atoms with E-state index in [1.54, 1.807) is 6.92 Å². The Morgan fingerprint density at radius 3 is 2.63 bits per heavy atom. The monoisotopic (exact) mass is 374 g/mol. The summed E-state index contributed by atoms with van der Waals surface area (Å²) in [5, 5.41) is 11.3. The van der Waals surface area contributed by atoms with Crippen LogP contribution in [-0.4, -0.2) is 22.5 Å². The van der Waals surface area contributed by atoms with Gasteiger partial charge in [-0.05, 0) is 31.2 Å². The minimum Gasteiger partial charge on any atom is -0.461 e. The molecular formula is C18H12F2N2O5. The van der Waals surface area contributed by atoms with Crippen LogP contribution in [0.1, 0.15) is 17.4 Å². The van der Waals surface area contributed by atoms with Crippen LogP contribution in [0.25, 0.3) is 22.8 Å². The Morgan fingerprint density at radius 1 is 1.22 bits per heavy atom. The molecule has 0 saturated heterocycles. The van der Waals surface area contributed by atoms with E-state index in [0.717, 1.165) is 12.1 Å². The van der Waals surface area contributed by atoms with Gasteiger partial charge in [-0.2, -0.15) is 0 Å². The molecule has 0 aliphatic heterocycles. The molecule has 1 heterocycles. The van der Waals surface area contributed by atoms with Gasteiger partial charge in [0.1, 0.15) is 0 Å². The minimum absolute atomic E-state index is 0.00638. The van der Waals surface area contributed by atoms with E-state index in [4.69, 9.17) is 9.15 Å². The number of oxazole rings is 1. The number of carbonyl (C=O) groups is 1. The molecule has 0 fully saturated rings. The number of ether oxygens (including phenoxy) is 1. The Bertz CT molecular complexity index is 1030. The quantitative estimate of drug-likeness (QED) is 0.374. The topological polar surface area (TPSA) is 95.5 Å². The Kier molecular flexibility index (Phi) is 4.93. The second-order valence-corrected chi connectivity index (χ2v) is 5.32. The van der Waals surface area contributed by atoms with Crippen molar-refractivity contribution < 1.29 is 27.7 Å². The van der Waals surface area contributed by atoms with Crippen LogP contribution < -0.4 is 0 Å². The van der Waals surface area contributed by atoms with Crippen molar-refractivity contribution in [2.24, 2.45) is 0 Å². The highest BCUT2D eigenvalue weighted by molar-refractivity contribution is 5.95. The molecule has 138 valence electrons. The summed E-state index contributed by atoms with van der Waals surface area (Å²) >= 11 is 0. The van der Waals surface area contributed by atoms with Crippen LogP contribution in [0.5, 0.6) is 0 Å². The van der Waals surface area contributed by atoms with E-state index in [9.17, 15) is 23.7 Å². The van der Waals surface area contributed by atoms with Gasteiger partial charge >= 0.3 is 5.97 Å². The van der Waals surface area contributed by atoms with Crippen molar-refractivity contribution in [3.05, 3.63) is 69.9 Å². The van der Waals surface area contributed by atoms with Crippen LogP contribution in [0, 0.1) is 21.7 Å². The van der Waals surface area contributed by atoms with Crippen LogP contribution in [-0.2, 0) is 4.74 Å². The van der Waals surface area contributed by atoms with E-state index in [0.29, 0.717) is 0 Å². The van der Waals surface area contributed by atoms with Crippen molar-refractivity contribution in [2.45, 2.75) is 6.92 Å². The number of nitrogens with zero attached hydrogens (tertiary/aromatic N) is 2. The SMILES string of the molecule is CCOC(=O)c1nc(-c2ccc(F)c(F)c2)oc1-c1ccccc1[N+](=O)[O-]. The molecule has 0 aliphatic carbocycles. The van der Waals surface area contributed by atoms with E-state index >= 15 is 0 Å². The molecule has 7 nitrogen and oxygen atoms in total. The third kappa shape index (κ3) is 3.52. The van der Waals surface area contributed by atoms with Gasteiger partial charge in [0.25, 0.3) is 5.69 Å². The number of carbonyl (C=O) groups excluding carboxylic acids is 1. The van der Waals surface area contributed by atoms with Crippen molar-refractivity contribution in [3.8, 4) is 22.8 Å². The van der Waals surface area contributed by atoms with Gasteiger partial charge in [-0.15, -0.1) is 0 Å². The molecule has 0 atom stereocenters. The molecule has 0 radical (unpaired) electrons. The molecule has 0 amide bonds. The molecule has 3 aromatic rings. The summed E-state index contributed by atoms with van der Waals surface area (Å²) in [6.07, 6.45) is 0. The van der Waals surface area contributed by atoms with Crippen molar-refractivity contribution in [2.75, 3.05) is 6.61 Å². The maximum atomic E-state index is 13.5. The summed E-state index contributed by atoms with van der Waals surface area (Å²) in [6.45, 7) is 1.63. The van der Waals surface area contributed by atoms with E-state index in [1.807, 2.05) is 0 Å². The van der Waals surface area contributed by atoms with Crippen LogP contribution in [0.2, 0.25) is 0 Å². The molecule has 0 spiro atoms. The van der Waals surface area contributed by atoms with Crippen molar-refractivity contribution in [1.29, 1.82) is 0 Å². The van der Waals surface area contributed by atoms with Gasteiger partial charge in [0.05, 0.1) is 17.1 Å². The summed E-state index contributed by atoms with van der Waals surface area (Å²) in [4.78, 5) is 26.9. The predicted molar refractivity (Wildman–Crippen MR) is 89.9 cm³/mol. The van der Waals surface area contributed by atoms with Crippen LogP contribution in [0.3, 0.4) is 0 Å². The van der Waals surface area contributed by atoms with Crippen LogP contribution in [0.4, 0.5) is 14.5 Å². The van der Waals surface area contributed by atoms with E-state index < -0.39 is 22.5 Å². The fraction of sp³-hybridized carbons (Fsp3) is 0.111. The van der Waals surface area contributed by atoms with Crippen LogP contribution in [0.15, 0.2) is 46.9 Å². The first kappa shape index (κ1) is 18.2. The summed E-state index contributed by atoms with van der Waals surface area (Å²) in [5.41, 5.74) is -0.543. The minimum atomic E-state index is -1.13. The average molecular weight is 374 g/mol. The average Bonchev–Trinajstić information content (AvgIpc) is 3.09. The van der Waals surface area contributed by atoms with Gasteiger partial charge < -0.3 is 9.15 Å². The van der Waals surface area contributed by atoms with Gasteiger partial charge in [-0.1, -0.05) is 12.1 Å². The Balaban J connectivity index is 2.21. The summed E-state index contributed by atoms with van der Waals surface area (Å²) in [5.74, 6) is -3.45. The van der Waals surface area contributed by atoms with Crippen molar-refractivity contribution in [1.82, 2.24) is 4.98 Å². The third-order valence-corrected chi connectivity index (χ3v) is 3.61. The maximum Gasteiger partial charge on any atom is 0.361 e. The fourth-order valence-electron chi connectivity index (χ4n) is 2.42. The zero-order valence-electron chi connectivity index (χ0n) is 13.9. The number of aromatic nitrogens is 1. The van der Waals surface area contributed by atoms with E-state index in [1.165, 1.54) is 30.3 Å². The number of halogens is 2. The van der Waals surface area contributed by atoms with Gasteiger partial charge in [0, 0.05) is 11.6 Å². The highest BCUT2D eigenvalue weighted by Gasteiger charge is 2.28. The lowest BCUT2D eigenvalue weighted by molar-refractivity contribution is -0.384. The zero-order chi connectivity index (χ0) is 19.6. The number of hydrogen-bond acceptors (Lipinski definition) is 6. The molecule has 1 aromatic heterocycles. The molecule has 9 heteroatoms. The highest BCUT2D eigenvalue weighted by atomic mass is 19.2. The van der Waals surface area contributed by atoms with Gasteiger partial charge in [-0.25, -0.2) is 18.6 Å². The second-order valence-electron chi connectivity index (χ2n) is 5.32. The summed E-state index contributed by atoms with van der Waals surface area (Å²) < 4.78 is 37.1. The van der Waals surface area contributed by atoms with E-state index in [-0.39, 0.29) is 40.8 Å². The zero-order valence-corrected chi connectivity index (χ0v) is 13.9. The predicted octanol–water partition coefficient (Wildman–Crippen LogP) is 4.37. The number of benzene rings is 2. The standard InChI is InChI=1S/C18H12F2N2O5/c1-2-26-18(23)15-16(11-5-3-4-6-14(11)22(24)25)27-17(21-15)10-7-8-12(19)13(20)9-10/h3-9H,2H2,1H3. The number of nitro groups is 1. The normalized spacial score (nSPS) is 10.6. The molecule has 0 unspecified atom stereocenters. The second kappa shape index (κ2) is 7.32. The first-order valence-corrected chi connectivity index (χ1v) is 7.79. The maximum absolute atomic E-state index is 13.5. The molecular weight excluding hydrogens is 362 g/mol. The number of hydrogen-bond donors (Lipinski definition) is 0. The Labute approximate surface area is 151 Å². The summed E-state index contributed by atoms with van der Waals surface area (Å²) in [6, 6.07) is 8.54. The number of nitro benzene ring substituents is 1.